The van der Waals surface area contributed by atoms with Crippen molar-refractivity contribution in [1.29, 1.82) is 0 Å². The van der Waals surface area contributed by atoms with Gasteiger partial charge in [0.1, 0.15) is 7.85 Å². The van der Waals surface area contributed by atoms with E-state index in [2.05, 4.69) is 26.9 Å². The Morgan fingerprint density at radius 1 is 0.812 bits per heavy atom. The molecule has 0 radical (unpaired) electrons. The molecule has 0 N–H and O–H groups in total. The average molecular weight is 218 g/mol. The molecule has 2 rings (SSSR count). The van der Waals surface area contributed by atoms with Gasteiger partial charge in [-0.2, -0.15) is 0 Å². The Labute approximate surface area is 102 Å². The van der Waals surface area contributed by atoms with Crippen molar-refractivity contribution in [1.82, 2.24) is 0 Å². The van der Waals surface area contributed by atoms with Crippen LogP contribution in [0.3, 0.4) is 0 Å². The van der Waals surface area contributed by atoms with Crippen molar-refractivity contribution in [3.8, 4) is 0 Å². The lowest BCUT2D eigenvalue weighted by atomic mass is 9.65. The monoisotopic (exact) mass is 218 g/mol. The van der Waals surface area contributed by atoms with Crippen LogP contribution in [0.1, 0.15) is 58.3 Å². The first-order valence-electron chi connectivity index (χ1n) is 7.42. The van der Waals surface area contributed by atoms with Crippen LogP contribution in [0.25, 0.3) is 0 Å². The molecule has 0 saturated heterocycles. The molecule has 0 aromatic heterocycles. The molecule has 2 aliphatic carbocycles. The summed E-state index contributed by atoms with van der Waals surface area (Å²) in [4.78, 5) is 0. The van der Waals surface area contributed by atoms with E-state index in [1.165, 1.54) is 51.4 Å². The smallest absolute Gasteiger partial charge is 0.0914 e. The Kier molecular flexibility index (Phi) is 4.55. The van der Waals surface area contributed by atoms with Crippen molar-refractivity contribution in [3.05, 3.63) is 12.2 Å². The lowest BCUT2D eigenvalue weighted by molar-refractivity contribution is 0.180. The normalized spacial score (nSPS) is 41.3. The maximum atomic E-state index is 2.43. The molecule has 0 amide bonds. The first kappa shape index (κ1) is 12.3. The van der Waals surface area contributed by atoms with Gasteiger partial charge in [0.15, 0.2) is 0 Å². The van der Waals surface area contributed by atoms with Crippen molar-refractivity contribution in [2.75, 3.05) is 0 Å². The highest BCUT2D eigenvalue weighted by molar-refractivity contribution is 6.11. The van der Waals surface area contributed by atoms with Crippen LogP contribution in [-0.4, -0.2) is 7.85 Å². The van der Waals surface area contributed by atoms with Gasteiger partial charge in [-0.3, -0.25) is 0 Å². The molecular weight excluding hydrogens is 191 g/mol. The Hall–Kier alpha value is -0.195. The third-order valence-corrected chi connectivity index (χ3v) is 5.01. The molecule has 2 fully saturated rings. The predicted octanol–water partition coefficient (Wildman–Crippen LogP) is 3.98. The second-order valence-electron chi connectivity index (χ2n) is 6.22. The summed E-state index contributed by atoms with van der Waals surface area (Å²) < 4.78 is 0. The van der Waals surface area contributed by atoms with E-state index in [4.69, 9.17) is 0 Å². The maximum absolute atomic E-state index is 2.43. The average Bonchev–Trinajstić information content (AvgIpc) is 2.32. The van der Waals surface area contributed by atoms with Crippen LogP contribution in [-0.2, 0) is 0 Å². The summed E-state index contributed by atoms with van der Waals surface area (Å²) in [6.07, 6.45) is 16.7. The van der Waals surface area contributed by atoms with E-state index in [1.807, 2.05) is 0 Å². The summed E-state index contributed by atoms with van der Waals surface area (Å²) in [5.74, 6) is 4.08. The minimum absolute atomic E-state index is 0.906. The fourth-order valence-electron chi connectivity index (χ4n) is 3.84. The SMILES string of the molecule is BC1CCC(C2CCC(/C=C/C)CC2)CC1. The fourth-order valence-corrected chi connectivity index (χ4v) is 3.84. The van der Waals surface area contributed by atoms with Gasteiger partial charge in [0.25, 0.3) is 0 Å². The van der Waals surface area contributed by atoms with Gasteiger partial charge < -0.3 is 0 Å². The van der Waals surface area contributed by atoms with E-state index in [0.717, 1.165) is 23.6 Å². The van der Waals surface area contributed by atoms with Crippen molar-refractivity contribution in [3.63, 3.8) is 0 Å². The predicted molar refractivity (Wildman–Crippen MR) is 74.5 cm³/mol. The van der Waals surface area contributed by atoms with Crippen LogP contribution in [0.4, 0.5) is 0 Å². The van der Waals surface area contributed by atoms with Crippen LogP contribution in [0.15, 0.2) is 12.2 Å². The van der Waals surface area contributed by atoms with Gasteiger partial charge in [0.2, 0.25) is 0 Å². The van der Waals surface area contributed by atoms with E-state index >= 15 is 0 Å². The number of rotatable bonds is 2. The van der Waals surface area contributed by atoms with E-state index < -0.39 is 0 Å². The highest BCUT2D eigenvalue weighted by Gasteiger charge is 2.28. The van der Waals surface area contributed by atoms with Crippen LogP contribution in [0.2, 0.25) is 5.82 Å². The molecule has 2 aliphatic rings. The molecule has 2 saturated carbocycles. The molecule has 0 nitrogen and oxygen atoms in total. The summed E-state index contributed by atoms with van der Waals surface area (Å²) in [5, 5.41) is 0. The molecule has 0 bridgehead atoms. The highest BCUT2D eigenvalue weighted by atomic mass is 14.3. The van der Waals surface area contributed by atoms with Crippen molar-refractivity contribution in [2.45, 2.75) is 64.1 Å². The topological polar surface area (TPSA) is 0 Å². The molecular formula is C15H27B. The Morgan fingerprint density at radius 3 is 1.81 bits per heavy atom. The maximum Gasteiger partial charge on any atom is 0.105 e. The molecule has 0 aliphatic heterocycles. The number of allylic oxidation sites excluding steroid dienone is 2. The Balaban J connectivity index is 1.76. The summed E-state index contributed by atoms with van der Waals surface area (Å²) in [6, 6.07) is 0. The first-order chi connectivity index (χ1) is 7.79. The van der Waals surface area contributed by atoms with E-state index in [9.17, 15) is 0 Å². The summed E-state index contributed by atoms with van der Waals surface area (Å²) in [6.45, 7) is 2.16. The van der Waals surface area contributed by atoms with E-state index in [0.29, 0.717) is 0 Å². The van der Waals surface area contributed by atoms with Gasteiger partial charge in [0, 0.05) is 0 Å². The molecule has 90 valence electrons. The van der Waals surface area contributed by atoms with Gasteiger partial charge >= 0.3 is 0 Å². The van der Waals surface area contributed by atoms with Gasteiger partial charge in [0.05, 0.1) is 0 Å². The number of hydrogen-bond acceptors (Lipinski definition) is 0. The third kappa shape index (κ3) is 3.15. The zero-order valence-electron chi connectivity index (χ0n) is 11.1. The van der Waals surface area contributed by atoms with Crippen LogP contribution >= 0.6 is 0 Å². The van der Waals surface area contributed by atoms with Gasteiger partial charge in [-0.1, -0.05) is 43.7 Å². The largest absolute Gasteiger partial charge is 0.105 e. The number of hydrogen-bond donors (Lipinski definition) is 0. The van der Waals surface area contributed by atoms with E-state index in [1.54, 1.807) is 0 Å². The molecule has 0 unspecified atom stereocenters. The van der Waals surface area contributed by atoms with Crippen LogP contribution in [0, 0.1) is 17.8 Å². The Morgan fingerprint density at radius 2 is 1.31 bits per heavy atom. The second kappa shape index (κ2) is 5.93. The quantitative estimate of drug-likeness (QED) is 0.485. The van der Waals surface area contributed by atoms with Crippen LogP contribution in [0.5, 0.6) is 0 Å². The van der Waals surface area contributed by atoms with Gasteiger partial charge in [-0.05, 0) is 50.4 Å². The van der Waals surface area contributed by atoms with Crippen molar-refractivity contribution in [2.24, 2.45) is 17.8 Å². The summed E-state index contributed by atoms with van der Waals surface area (Å²) in [7, 11) is 2.43. The van der Waals surface area contributed by atoms with E-state index in [-0.39, 0.29) is 0 Å². The summed E-state index contributed by atoms with van der Waals surface area (Å²) in [5.41, 5.74) is 0. The molecule has 0 aromatic carbocycles. The highest BCUT2D eigenvalue weighted by Crippen LogP contribution is 2.42. The molecule has 16 heavy (non-hydrogen) atoms. The zero-order valence-corrected chi connectivity index (χ0v) is 11.1. The molecule has 1 heteroatoms. The van der Waals surface area contributed by atoms with Gasteiger partial charge in [-0.25, -0.2) is 0 Å². The zero-order chi connectivity index (χ0) is 11.4. The van der Waals surface area contributed by atoms with Crippen LogP contribution < -0.4 is 0 Å². The van der Waals surface area contributed by atoms with Crippen molar-refractivity contribution < 1.29 is 0 Å². The summed E-state index contributed by atoms with van der Waals surface area (Å²) >= 11 is 0. The lowest BCUT2D eigenvalue weighted by Crippen LogP contribution is -2.24. The third-order valence-electron chi connectivity index (χ3n) is 5.01. The fraction of sp³-hybridized carbons (Fsp3) is 0.867. The van der Waals surface area contributed by atoms with Crippen molar-refractivity contribution >= 4 is 7.85 Å². The minimum atomic E-state index is 0.906. The standard InChI is InChI=1S/C15H27B/c1-2-3-12-4-6-13(7-5-12)14-8-10-15(16)11-9-14/h2-3,12-15H,4-11,16H2,1H3/b3-2+. The molecule has 0 aromatic rings. The molecule has 0 atom stereocenters. The minimum Gasteiger partial charge on any atom is -0.0914 e. The lowest BCUT2D eigenvalue weighted by Gasteiger charge is -2.36. The molecule has 0 spiro atoms. The van der Waals surface area contributed by atoms with Gasteiger partial charge in [-0.15, -0.1) is 0 Å². The first-order valence-corrected chi connectivity index (χ1v) is 7.42. The molecule has 0 heterocycles. The second-order valence-corrected chi connectivity index (χ2v) is 6.22. The Bertz CT molecular complexity index is 218.